The van der Waals surface area contributed by atoms with Crippen LogP contribution < -0.4 is 9.47 Å². The number of benzene rings is 3. The van der Waals surface area contributed by atoms with E-state index < -0.39 is 17.7 Å². The molecule has 2 heterocycles. The number of morpholine rings is 1. The molecule has 5 rings (SSSR count). The summed E-state index contributed by atoms with van der Waals surface area (Å²) in [5, 5.41) is 11.4. The minimum absolute atomic E-state index is 0.0723. The predicted octanol–water partition coefficient (Wildman–Crippen LogP) is 4.73. The van der Waals surface area contributed by atoms with Crippen molar-refractivity contribution < 1.29 is 28.9 Å². The van der Waals surface area contributed by atoms with E-state index >= 15 is 0 Å². The van der Waals surface area contributed by atoms with Crippen molar-refractivity contribution in [3.63, 3.8) is 0 Å². The Bertz CT molecular complexity index is 1410. The minimum atomic E-state index is -0.730. The van der Waals surface area contributed by atoms with E-state index in [0.717, 1.165) is 30.8 Å². The zero-order chi connectivity index (χ0) is 28.8. The molecule has 2 aliphatic heterocycles. The third-order valence-electron chi connectivity index (χ3n) is 7.54. The number of methoxy groups -OCH3 is 1. The van der Waals surface area contributed by atoms with Gasteiger partial charge in [0, 0.05) is 31.7 Å². The van der Waals surface area contributed by atoms with E-state index in [-0.39, 0.29) is 11.3 Å². The average Bonchev–Trinajstić information content (AvgIpc) is 3.25. The SMILES string of the molecule is COc1cccc([C@H]2C(=C(O)c3ccc(OCc4cccc(C)c4)cc3)C(=O)C(=O)N2CCCN2CCOCC2)c1. The van der Waals surface area contributed by atoms with E-state index in [4.69, 9.17) is 14.2 Å². The van der Waals surface area contributed by atoms with Gasteiger partial charge in [-0.2, -0.15) is 0 Å². The summed E-state index contributed by atoms with van der Waals surface area (Å²) in [7, 11) is 1.57. The summed E-state index contributed by atoms with van der Waals surface area (Å²) < 4.78 is 16.8. The Labute approximate surface area is 240 Å². The molecule has 0 bridgehead atoms. The van der Waals surface area contributed by atoms with Gasteiger partial charge < -0.3 is 24.2 Å². The fourth-order valence-electron chi connectivity index (χ4n) is 5.39. The highest BCUT2D eigenvalue weighted by Crippen LogP contribution is 2.40. The first kappa shape index (κ1) is 28.4. The van der Waals surface area contributed by atoms with Gasteiger partial charge in [0.15, 0.2) is 0 Å². The number of nitrogens with zero attached hydrogens (tertiary/aromatic N) is 2. The summed E-state index contributed by atoms with van der Waals surface area (Å²) in [6, 6.07) is 21.6. The number of Topliss-reactive ketones (excluding diaryl/α,β-unsaturated/α-hetero) is 1. The summed E-state index contributed by atoms with van der Waals surface area (Å²) in [6.07, 6.45) is 0.695. The number of aryl methyl sites for hydroxylation is 1. The number of ketones is 1. The molecule has 0 spiro atoms. The average molecular weight is 557 g/mol. The maximum absolute atomic E-state index is 13.4. The van der Waals surface area contributed by atoms with E-state index in [1.165, 1.54) is 0 Å². The number of amides is 1. The van der Waals surface area contributed by atoms with E-state index in [2.05, 4.69) is 11.0 Å². The molecule has 0 radical (unpaired) electrons. The van der Waals surface area contributed by atoms with Gasteiger partial charge in [-0.3, -0.25) is 14.5 Å². The molecule has 0 saturated carbocycles. The zero-order valence-corrected chi connectivity index (χ0v) is 23.5. The second-order valence-electron chi connectivity index (χ2n) is 10.4. The van der Waals surface area contributed by atoms with Crippen molar-refractivity contribution in [1.29, 1.82) is 0 Å². The van der Waals surface area contributed by atoms with Crippen molar-refractivity contribution in [3.8, 4) is 11.5 Å². The Hall–Kier alpha value is -4.14. The number of carbonyl (C=O) groups is 2. The van der Waals surface area contributed by atoms with Crippen LogP contribution in [0.2, 0.25) is 0 Å². The molecule has 3 aromatic rings. The number of carbonyl (C=O) groups excluding carboxylic acids is 2. The number of rotatable bonds is 10. The molecule has 8 nitrogen and oxygen atoms in total. The largest absolute Gasteiger partial charge is 0.507 e. The maximum atomic E-state index is 13.4. The summed E-state index contributed by atoms with van der Waals surface area (Å²) in [5.74, 6) is -0.273. The fraction of sp³-hybridized carbons (Fsp3) is 0.333. The number of aliphatic hydroxyl groups excluding tert-OH is 1. The molecule has 1 N–H and O–H groups in total. The molecule has 8 heteroatoms. The van der Waals surface area contributed by atoms with E-state index in [1.807, 2.05) is 43.3 Å². The number of hydrogen-bond donors (Lipinski definition) is 1. The monoisotopic (exact) mass is 556 g/mol. The molecule has 2 fully saturated rings. The molecule has 0 unspecified atom stereocenters. The molecule has 2 aliphatic rings. The summed E-state index contributed by atoms with van der Waals surface area (Å²) in [6.45, 7) is 6.72. The molecule has 1 amide bonds. The lowest BCUT2D eigenvalue weighted by atomic mass is 9.95. The van der Waals surface area contributed by atoms with Crippen LogP contribution in [0.15, 0.2) is 78.4 Å². The van der Waals surface area contributed by atoms with Crippen LogP contribution in [-0.4, -0.2) is 73.1 Å². The Morgan fingerprint density at radius 1 is 0.951 bits per heavy atom. The minimum Gasteiger partial charge on any atom is -0.507 e. The van der Waals surface area contributed by atoms with E-state index in [1.54, 1.807) is 42.3 Å². The van der Waals surface area contributed by atoms with Crippen molar-refractivity contribution in [2.45, 2.75) is 26.0 Å². The Kier molecular flexibility index (Phi) is 9.01. The van der Waals surface area contributed by atoms with Gasteiger partial charge in [-0.15, -0.1) is 0 Å². The normalized spacial score (nSPS) is 19.0. The summed E-state index contributed by atoms with van der Waals surface area (Å²) >= 11 is 0. The fourth-order valence-corrected chi connectivity index (χ4v) is 5.39. The van der Waals surface area contributed by atoms with Crippen LogP contribution in [0.5, 0.6) is 11.5 Å². The molecular formula is C33H36N2O6. The topological polar surface area (TPSA) is 88.5 Å². The third-order valence-corrected chi connectivity index (χ3v) is 7.54. The number of ether oxygens (including phenoxy) is 3. The van der Waals surface area contributed by atoms with Crippen LogP contribution in [0.4, 0.5) is 0 Å². The van der Waals surface area contributed by atoms with Crippen LogP contribution in [-0.2, 0) is 20.9 Å². The predicted molar refractivity (Wildman–Crippen MR) is 156 cm³/mol. The van der Waals surface area contributed by atoms with E-state index in [9.17, 15) is 14.7 Å². The Balaban J connectivity index is 1.40. The molecule has 2 saturated heterocycles. The lowest BCUT2D eigenvalue weighted by Crippen LogP contribution is -2.38. The van der Waals surface area contributed by atoms with Gasteiger partial charge in [0.25, 0.3) is 11.7 Å². The highest BCUT2D eigenvalue weighted by atomic mass is 16.5. The van der Waals surface area contributed by atoms with Gasteiger partial charge in [0.1, 0.15) is 23.9 Å². The van der Waals surface area contributed by atoms with Gasteiger partial charge in [0.05, 0.1) is 31.9 Å². The summed E-state index contributed by atoms with van der Waals surface area (Å²) in [5.41, 5.74) is 3.43. The lowest BCUT2D eigenvalue weighted by molar-refractivity contribution is -0.140. The smallest absolute Gasteiger partial charge is 0.295 e. The van der Waals surface area contributed by atoms with E-state index in [0.29, 0.717) is 55.4 Å². The molecule has 0 aromatic heterocycles. The number of likely N-dealkylation sites (tertiary alicyclic amines) is 1. The van der Waals surface area contributed by atoms with Gasteiger partial charge in [-0.1, -0.05) is 42.0 Å². The Morgan fingerprint density at radius 2 is 1.71 bits per heavy atom. The van der Waals surface area contributed by atoms with Crippen molar-refractivity contribution in [3.05, 3.63) is 101 Å². The standard InChI is InChI=1S/C33H36N2O6/c1-23-6-3-7-24(20-23)22-41-27-12-10-25(11-13-27)31(36)29-30(26-8-4-9-28(21-26)39-2)35(33(38)32(29)37)15-5-14-34-16-18-40-19-17-34/h3-4,6-13,20-21,30,36H,5,14-19,22H2,1-2H3/t30-/m0/s1. The van der Waals surface area contributed by atoms with Gasteiger partial charge in [-0.25, -0.2) is 0 Å². The van der Waals surface area contributed by atoms with Crippen molar-refractivity contribution >= 4 is 17.4 Å². The van der Waals surface area contributed by atoms with Crippen molar-refractivity contribution in [2.24, 2.45) is 0 Å². The second kappa shape index (κ2) is 13.0. The van der Waals surface area contributed by atoms with Gasteiger partial charge in [0.2, 0.25) is 0 Å². The molecule has 214 valence electrons. The highest BCUT2D eigenvalue weighted by molar-refractivity contribution is 6.46. The lowest BCUT2D eigenvalue weighted by Gasteiger charge is -2.29. The van der Waals surface area contributed by atoms with Gasteiger partial charge in [-0.05, 0) is 60.9 Å². The quantitative estimate of drug-likeness (QED) is 0.220. The second-order valence-corrected chi connectivity index (χ2v) is 10.4. The molecule has 1 atom stereocenters. The van der Waals surface area contributed by atoms with Gasteiger partial charge >= 0.3 is 0 Å². The van der Waals surface area contributed by atoms with Crippen molar-refractivity contribution in [2.75, 3.05) is 46.5 Å². The van der Waals surface area contributed by atoms with Crippen LogP contribution in [0.3, 0.4) is 0 Å². The first-order valence-electron chi connectivity index (χ1n) is 14.0. The van der Waals surface area contributed by atoms with Crippen molar-refractivity contribution in [1.82, 2.24) is 9.80 Å². The van der Waals surface area contributed by atoms with Crippen LogP contribution in [0, 0.1) is 6.92 Å². The summed E-state index contributed by atoms with van der Waals surface area (Å²) in [4.78, 5) is 30.6. The third kappa shape index (κ3) is 6.61. The first-order valence-corrected chi connectivity index (χ1v) is 14.0. The Morgan fingerprint density at radius 3 is 2.44 bits per heavy atom. The zero-order valence-electron chi connectivity index (χ0n) is 23.5. The van der Waals surface area contributed by atoms with Crippen LogP contribution >= 0.6 is 0 Å². The molecule has 41 heavy (non-hydrogen) atoms. The first-order chi connectivity index (χ1) is 19.9. The van der Waals surface area contributed by atoms with Crippen LogP contribution in [0.25, 0.3) is 5.76 Å². The molecule has 0 aliphatic carbocycles. The number of aliphatic hydroxyl groups is 1. The van der Waals surface area contributed by atoms with Crippen LogP contribution in [0.1, 0.15) is 34.7 Å². The highest BCUT2D eigenvalue weighted by Gasteiger charge is 2.46. The molecular weight excluding hydrogens is 520 g/mol. The maximum Gasteiger partial charge on any atom is 0.295 e. The molecule has 3 aromatic carbocycles. The number of hydrogen-bond acceptors (Lipinski definition) is 7.